The quantitative estimate of drug-likeness (QED) is 0.781. The molecule has 1 aromatic heterocycles. The summed E-state index contributed by atoms with van der Waals surface area (Å²) >= 11 is 0. The zero-order chi connectivity index (χ0) is 12.7. The van der Waals surface area contributed by atoms with Crippen LogP contribution in [0.4, 0.5) is 0 Å². The molecule has 1 aromatic rings. The first kappa shape index (κ1) is 14.1. The fourth-order valence-electron chi connectivity index (χ4n) is 1.70. The van der Waals surface area contributed by atoms with Crippen molar-refractivity contribution in [3.05, 3.63) is 23.3 Å². The second kappa shape index (κ2) is 7.35. The molecule has 1 N–H and O–H groups in total. The van der Waals surface area contributed by atoms with Crippen molar-refractivity contribution in [1.82, 2.24) is 20.2 Å². The lowest BCUT2D eigenvalue weighted by atomic mass is 10.1. The van der Waals surface area contributed by atoms with E-state index < -0.39 is 0 Å². The Balaban J connectivity index is 2.83. The minimum atomic E-state index is 0.804. The molecule has 0 radical (unpaired) electrons. The third kappa shape index (κ3) is 4.79. The molecule has 4 nitrogen and oxygen atoms in total. The standard InChI is InChI=1S/C13H24N4/c1-5-7-12-11(8-14-6-2)9-15-13(16-12)10-17(3)4/h9,14H,5-8,10H2,1-4H3. The van der Waals surface area contributed by atoms with Crippen LogP contribution in [0.15, 0.2) is 6.20 Å². The highest BCUT2D eigenvalue weighted by Crippen LogP contribution is 2.09. The zero-order valence-electron chi connectivity index (χ0n) is 11.5. The SMILES string of the molecule is CCCc1nc(CN(C)C)ncc1CNCC. The van der Waals surface area contributed by atoms with Crippen molar-refractivity contribution in [2.75, 3.05) is 20.6 Å². The average molecular weight is 236 g/mol. The van der Waals surface area contributed by atoms with Crippen LogP contribution in [0.1, 0.15) is 37.4 Å². The van der Waals surface area contributed by atoms with Gasteiger partial charge >= 0.3 is 0 Å². The number of rotatable bonds is 7. The Bertz CT molecular complexity index is 336. The van der Waals surface area contributed by atoms with Crippen molar-refractivity contribution < 1.29 is 0 Å². The Labute approximate surface area is 104 Å². The maximum absolute atomic E-state index is 4.66. The molecule has 17 heavy (non-hydrogen) atoms. The highest BCUT2D eigenvalue weighted by atomic mass is 15.1. The van der Waals surface area contributed by atoms with Crippen LogP contribution in [0.5, 0.6) is 0 Å². The Morgan fingerprint density at radius 2 is 2.06 bits per heavy atom. The number of hydrogen-bond acceptors (Lipinski definition) is 4. The number of nitrogens with one attached hydrogen (secondary N) is 1. The predicted octanol–water partition coefficient (Wildman–Crippen LogP) is 1.60. The van der Waals surface area contributed by atoms with Gasteiger partial charge in [-0.15, -0.1) is 0 Å². The zero-order valence-corrected chi connectivity index (χ0v) is 11.5. The van der Waals surface area contributed by atoms with Crippen LogP contribution in [0, 0.1) is 0 Å². The summed E-state index contributed by atoms with van der Waals surface area (Å²) in [6, 6.07) is 0. The van der Waals surface area contributed by atoms with E-state index in [9.17, 15) is 0 Å². The van der Waals surface area contributed by atoms with Gasteiger partial charge in [0.25, 0.3) is 0 Å². The third-order valence-electron chi connectivity index (χ3n) is 2.51. The normalized spacial score (nSPS) is 11.1. The van der Waals surface area contributed by atoms with Gasteiger partial charge in [-0.1, -0.05) is 20.3 Å². The van der Waals surface area contributed by atoms with Crippen LogP contribution < -0.4 is 5.32 Å². The maximum Gasteiger partial charge on any atom is 0.142 e. The summed E-state index contributed by atoms with van der Waals surface area (Å²) in [5.41, 5.74) is 2.43. The minimum Gasteiger partial charge on any atom is -0.313 e. The molecule has 0 aromatic carbocycles. The van der Waals surface area contributed by atoms with E-state index in [4.69, 9.17) is 0 Å². The molecule has 0 aliphatic carbocycles. The Kier molecular flexibility index (Phi) is 6.08. The molecular formula is C13H24N4. The highest BCUT2D eigenvalue weighted by Gasteiger charge is 2.06. The molecule has 0 aliphatic heterocycles. The molecule has 0 atom stereocenters. The largest absolute Gasteiger partial charge is 0.313 e. The highest BCUT2D eigenvalue weighted by molar-refractivity contribution is 5.18. The maximum atomic E-state index is 4.66. The van der Waals surface area contributed by atoms with Crippen LogP contribution in [0.2, 0.25) is 0 Å². The van der Waals surface area contributed by atoms with Crippen molar-refractivity contribution in [2.24, 2.45) is 0 Å². The summed E-state index contributed by atoms with van der Waals surface area (Å²) < 4.78 is 0. The van der Waals surface area contributed by atoms with Gasteiger partial charge in [-0.2, -0.15) is 0 Å². The van der Waals surface area contributed by atoms with Gasteiger partial charge in [-0.3, -0.25) is 0 Å². The van der Waals surface area contributed by atoms with Gasteiger partial charge in [-0.25, -0.2) is 9.97 Å². The fraction of sp³-hybridized carbons (Fsp3) is 0.692. The van der Waals surface area contributed by atoms with E-state index in [0.717, 1.165) is 38.3 Å². The lowest BCUT2D eigenvalue weighted by Gasteiger charge is -2.12. The Morgan fingerprint density at radius 1 is 1.29 bits per heavy atom. The topological polar surface area (TPSA) is 41.1 Å². The van der Waals surface area contributed by atoms with Crippen LogP contribution in [-0.4, -0.2) is 35.5 Å². The van der Waals surface area contributed by atoms with E-state index in [1.807, 2.05) is 20.3 Å². The van der Waals surface area contributed by atoms with Gasteiger partial charge in [0.2, 0.25) is 0 Å². The van der Waals surface area contributed by atoms with E-state index in [2.05, 4.69) is 34.0 Å². The summed E-state index contributed by atoms with van der Waals surface area (Å²) in [6.07, 6.45) is 4.13. The molecule has 1 rings (SSSR count). The molecule has 0 amide bonds. The summed E-state index contributed by atoms with van der Waals surface area (Å²) in [5.74, 6) is 0.915. The summed E-state index contributed by atoms with van der Waals surface area (Å²) in [6.45, 7) is 6.95. The molecule has 96 valence electrons. The lowest BCUT2D eigenvalue weighted by molar-refractivity contribution is 0.389. The van der Waals surface area contributed by atoms with Crippen molar-refractivity contribution in [1.29, 1.82) is 0 Å². The van der Waals surface area contributed by atoms with E-state index in [-0.39, 0.29) is 0 Å². The van der Waals surface area contributed by atoms with Gasteiger partial charge in [0.1, 0.15) is 5.82 Å². The first-order chi connectivity index (χ1) is 8.17. The average Bonchev–Trinajstić information content (AvgIpc) is 2.28. The molecule has 0 bridgehead atoms. The van der Waals surface area contributed by atoms with E-state index in [1.165, 1.54) is 11.3 Å². The molecule has 0 saturated carbocycles. The smallest absolute Gasteiger partial charge is 0.142 e. The first-order valence-corrected chi connectivity index (χ1v) is 6.36. The van der Waals surface area contributed by atoms with Gasteiger partial charge in [0.05, 0.1) is 6.54 Å². The molecule has 0 unspecified atom stereocenters. The van der Waals surface area contributed by atoms with Gasteiger partial charge in [-0.05, 0) is 27.1 Å². The van der Waals surface area contributed by atoms with Crippen molar-refractivity contribution >= 4 is 0 Å². The van der Waals surface area contributed by atoms with E-state index in [1.54, 1.807) is 0 Å². The monoisotopic (exact) mass is 236 g/mol. The molecule has 0 fully saturated rings. The molecule has 0 aliphatic rings. The third-order valence-corrected chi connectivity index (χ3v) is 2.51. The molecule has 0 saturated heterocycles. The van der Waals surface area contributed by atoms with E-state index >= 15 is 0 Å². The van der Waals surface area contributed by atoms with Crippen LogP contribution >= 0.6 is 0 Å². The van der Waals surface area contributed by atoms with Crippen LogP contribution in [0.3, 0.4) is 0 Å². The number of aromatic nitrogens is 2. The van der Waals surface area contributed by atoms with Crippen LogP contribution in [0.25, 0.3) is 0 Å². The molecule has 0 spiro atoms. The summed E-state index contributed by atoms with van der Waals surface area (Å²) in [5, 5.41) is 3.33. The second-order valence-electron chi connectivity index (χ2n) is 4.53. The molecule has 4 heteroatoms. The summed E-state index contributed by atoms with van der Waals surface area (Å²) in [7, 11) is 4.07. The van der Waals surface area contributed by atoms with E-state index in [0.29, 0.717) is 0 Å². The van der Waals surface area contributed by atoms with Gasteiger partial charge < -0.3 is 10.2 Å². The van der Waals surface area contributed by atoms with Gasteiger partial charge in [0, 0.05) is 24.0 Å². The van der Waals surface area contributed by atoms with Crippen LogP contribution in [-0.2, 0) is 19.5 Å². The second-order valence-corrected chi connectivity index (χ2v) is 4.53. The Hall–Kier alpha value is -1.00. The lowest BCUT2D eigenvalue weighted by Crippen LogP contribution is -2.18. The minimum absolute atomic E-state index is 0.804. The van der Waals surface area contributed by atoms with Crippen molar-refractivity contribution in [2.45, 2.75) is 39.8 Å². The predicted molar refractivity (Wildman–Crippen MR) is 70.8 cm³/mol. The number of hydrogen-bond donors (Lipinski definition) is 1. The molecule has 1 heterocycles. The van der Waals surface area contributed by atoms with Crippen molar-refractivity contribution in [3.8, 4) is 0 Å². The summed E-state index contributed by atoms with van der Waals surface area (Å²) in [4.78, 5) is 11.2. The first-order valence-electron chi connectivity index (χ1n) is 6.36. The van der Waals surface area contributed by atoms with Crippen molar-refractivity contribution in [3.63, 3.8) is 0 Å². The van der Waals surface area contributed by atoms with Gasteiger partial charge in [0.15, 0.2) is 0 Å². The molecular weight excluding hydrogens is 212 g/mol. The fourth-order valence-corrected chi connectivity index (χ4v) is 1.70. The Morgan fingerprint density at radius 3 is 2.65 bits per heavy atom. The number of aryl methyl sites for hydroxylation is 1. The number of nitrogens with zero attached hydrogens (tertiary/aromatic N) is 3.